The minimum absolute atomic E-state index is 0.219. The highest BCUT2D eigenvalue weighted by atomic mass is 16.5. The van der Waals surface area contributed by atoms with Gasteiger partial charge in [-0.15, -0.1) is 0 Å². The molecule has 18 nitrogen and oxygen atoms in total. The van der Waals surface area contributed by atoms with Gasteiger partial charge in [0, 0.05) is 13.7 Å². The van der Waals surface area contributed by atoms with Crippen LogP contribution in [0.4, 0.5) is 0 Å². The summed E-state index contributed by atoms with van der Waals surface area (Å²) in [6.45, 7) is 17.4. The summed E-state index contributed by atoms with van der Waals surface area (Å²) < 4.78 is 11.6. The van der Waals surface area contributed by atoms with Gasteiger partial charge in [0.2, 0.25) is 41.4 Å². The normalized spacial score (nSPS) is 24.7. The standard InChI is InChI=1S/C63H115N7O11/c1-12-14-15-16-17-18-19-20-21-22-23-24-25-26-27-28-29-30-31-32-33-34-35-36-37-39-49-42-51(72)65-55(47(9)71)61(77)67-52(43(3)4)58(74)64-46(8)62(78)70-41-38-40-50(70)57(73)68-54(45(7)13-2)60(76)66-53(44(5)6)59(75)69-56(48(10)80-11)63(79)81-49/h43-50,52-56,71H,12-42H2,1-11H3,(H,64,74)(H,65,72)(H,66,76)(H,67,77)(H,68,73)(H,69,75)/t45-,46-,47+,48+,49+,50+,52?,53-,54+,55-,56?/m0/s1. The van der Waals surface area contributed by atoms with Crippen LogP contribution < -0.4 is 31.9 Å². The van der Waals surface area contributed by atoms with E-state index >= 15 is 0 Å². The SMILES string of the molecule is CCCCCCCCCCCCCCCCCCCCCCCCCCC[C@@H]1CC(=O)N[C@@H]([C@@H](C)O)C(=O)NC(C(C)C)C(=O)N[C@@H](C)C(=O)N2CCC[C@@H]2C(=O)N[C@H]([C@@H](C)CC)C(=O)N[C@@H](C(C)C)C(=O)NC([C@@H](C)OC)C(=O)O1. The smallest absolute Gasteiger partial charge is 0.331 e. The first-order chi connectivity index (χ1) is 38.7. The lowest BCUT2D eigenvalue weighted by Crippen LogP contribution is -2.61. The van der Waals surface area contributed by atoms with E-state index in [2.05, 4.69) is 38.8 Å². The molecule has 7 N–H and O–H groups in total. The fourth-order valence-corrected chi connectivity index (χ4v) is 11.0. The number of fused-ring (bicyclic) bond motifs is 1. The van der Waals surface area contributed by atoms with Gasteiger partial charge in [-0.25, -0.2) is 4.79 Å². The molecule has 2 rings (SSSR count). The zero-order chi connectivity index (χ0) is 60.3. The molecule has 2 aliphatic rings. The summed E-state index contributed by atoms with van der Waals surface area (Å²) in [5.41, 5.74) is 0. The van der Waals surface area contributed by atoms with Crippen LogP contribution in [0, 0.1) is 17.8 Å². The van der Waals surface area contributed by atoms with Gasteiger partial charge in [-0.05, 0) is 64.2 Å². The maximum absolute atomic E-state index is 14.3. The molecule has 468 valence electrons. The number of amides is 7. The maximum atomic E-state index is 14.3. The molecule has 18 heteroatoms. The van der Waals surface area contributed by atoms with Crippen molar-refractivity contribution in [1.29, 1.82) is 0 Å². The number of unbranched alkanes of at least 4 members (excludes halogenated alkanes) is 24. The Kier molecular flexibility index (Phi) is 37.4. The number of hydrogen-bond donors (Lipinski definition) is 7. The van der Waals surface area contributed by atoms with E-state index in [4.69, 9.17) is 9.47 Å². The Morgan fingerprint density at radius 3 is 1.33 bits per heavy atom. The molecule has 2 saturated heterocycles. The fourth-order valence-electron chi connectivity index (χ4n) is 11.0. The van der Waals surface area contributed by atoms with Crippen molar-refractivity contribution < 1.29 is 52.9 Å². The Hall–Kier alpha value is -4.32. The van der Waals surface area contributed by atoms with E-state index in [1.807, 2.05) is 6.92 Å². The second kappa shape index (κ2) is 41.6. The number of rotatable bonds is 33. The van der Waals surface area contributed by atoms with E-state index in [1.54, 1.807) is 41.5 Å². The molecule has 0 saturated carbocycles. The third-order valence-electron chi connectivity index (χ3n) is 16.7. The Bertz CT molecular complexity index is 1850. The summed E-state index contributed by atoms with van der Waals surface area (Å²) >= 11 is 0. The molecule has 2 heterocycles. The molecule has 0 aromatic heterocycles. The predicted molar refractivity (Wildman–Crippen MR) is 319 cm³/mol. The highest BCUT2D eigenvalue weighted by Gasteiger charge is 2.41. The van der Waals surface area contributed by atoms with Crippen LogP contribution >= 0.6 is 0 Å². The van der Waals surface area contributed by atoms with E-state index in [0.717, 1.165) is 25.7 Å². The molecule has 0 aromatic rings. The van der Waals surface area contributed by atoms with E-state index < -0.39 is 126 Å². The lowest BCUT2D eigenvalue weighted by molar-refractivity contribution is -0.158. The Morgan fingerprint density at radius 1 is 0.519 bits per heavy atom. The lowest BCUT2D eigenvalue weighted by atomic mass is 9.96. The number of nitrogens with zero attached hydrogens (tertiary/aromatic N) is 1. The molecule has 0 aliphatic carbocycles. The van der Waals surface area contributed by atoms with E-state index in [9.17, 15) is 43.5 Å². The van der Waals surface area contributed by atoms with Crippen molar-refractivity contribution in [3.05, 3.63) is 0 Å². The highest BCUT2D eigenvalue weighted by Crippen LogP contribution is 2.22. The Morgan fingerprint density at radius 2 is 0.914 bits per heavy atom. The number of nitrogens with one attached hydrogen (secondary N) is 6. The largest absolute Gasteiger partial charge is 0.460 e. The fraction of sp³-hybridized carbons (Fsp3) is 0.873. The number of carbonyl (C=O) groups is 8. The molecule has 7 amide bonds. The maximum Gasteiger partial charge on any atom is 0.331 e. The van der Waals surface area contributed by atoms with Crippen molar-refractivity contribution in [2.45, 2.75) is 322 Å². The van der Waals surface area contributed by atoms with Gasteiger partial charge < -0.3 is 51.4 Å². The third-order valence-corrected chi connectivity index (χ3v) is 16.7. The van der Waals surface area contributed by atoms with Crippen LogP contribution in [0.3, 0.4) is 0 Å². The van der Waals surface area contributed by atoms with E-state index in [1.165, 1.54) is 154 Å². The second-order valence-corrected chi connectivity index (χ2v) is 24.5. The summed E-state index contributed by atoms with van der Waals surface area (Å²) in [7, 11) is 1.38. The predicted octanol–water partition coefficient (Wildman–Crippen LogP) is 9.16. The summed E-state index contributed by atoms with van der Waals surface area (Å²) in [5.74, 6) is -6.94. The van der Waals surface area contributed by atoms with E-state index in [0.29, 0.717) is 25.7 Å². The van der Waals surface area contributed by atoms with Gasteiger partial charge in [-0.3, -0.25) is 33.6 Å². The number of hydrogen-bond acceptors (Lipinski definition) is 11. The number of carbonyl (C=O) groups excluding carboxylic acids is 8. The summed E-state index contributed by atoms with van der Waals surface area (Å²) in [4.78, 5) is 114. The number of aliphatic hydroxyl groups is 1. The van der Waals surface area contributed by atoms with Gasteiger partial charge in [0.15, 0.2) is 6.04 Å². The van der Waals surface area contributed by atoms with Gasteiger partial charge in [0.05, 0.1) is 18.6 Å². The van der Waals surface area contributed by atoms with Crippen LogP contribution in [0.25, 0.3) is 0 Å². The molecular weight excluding hydrogens is 1030 g/mol. The van der Waals surface area contributed by atoms with E-state index in [-0.39, 0.29) is 19.4 Å². The molecule has 11 atom stereocenters. The number of esters is 1. The van der Waals surface area contributed by atoms with Gasteiger partial charge in [0.25, 0.3) is 0 Å². The van der Waals surface area contributed by atoms with Crippen LogP contribution in [0.5, 0.6) is 0 Å². The van der Waals surface area contributed by atoms with Gasteiger partial charge in [-0.2, -0.15) is 0 Å². The zero-order valence-corrected chi connectivity index (χ0v) is 52.4. The van der Waals surface area contributed by atoms with Crippen molar-refractivity contribution in [3.63, 3.8) is 0 Å². The molecule has 2 unspecified atom stereocenters. The monoisotopic (exact) mass is 1150 g/mol. The van der Waals surface area contributed by atoms with Gasteiger partial charge >= 0.3 is 5.97 Å². The van der Waals surface area contributed by atoms with Crippen LogP contribution in [-0.4, -0.2) is 132 Å². The lowest BCUT2D eigenvalue weighted by Gasteiger charge is -2.32. The van der Waals surface area contributed by atoms with Crippen LogP contribution in [0.15, 0.2) is 0 Å². The highest BCUT2D eigenvalue weighted by molar-refractivity contribution is 5.98. The Balaban J connectivity index is 2.16. The second-order valence-electron chi connectivity index (χ2n) is 24.5. The van der Waals surface area contributed by atoms with Crippen LogP contribution in [0.1, 0.15) is 262 Å². The molecule has 0 radical (unpaired) electrons. The summed E-state index contributed by atoms with van der Waals surface area (Å²) in [5, 5.41) is 27.2. The minimum atomic E-state index is -1.52. The molecular formula is C63H115N7O11. The van der Waals surface area contributed by atoms with Gasteiger partial charge in [-0.1, -0.05) is 209 Å². The molecule has 0 aromatic carbocycles. The van der Waals surface area contributed by atoms with Gasteiger partial charge in [0.1, 0.15) is 42.4 Å². The third kappa shape index (κ3) is 28.2. The minimum Gasteiger partial charge on any atom is -0.460 e. The average Bonchev–Trinajstić information content (AvgIpc) is 3.95. The first kappa shape index (κ1) is 72.8. The molecule has 0 spiro atoms. The topological polar surface area (TPSA) is 251 Å². The number of cyclic esters (lactones) is 1. The number of aliphatic hydroxyl groups excluding tert-OH is 1. The molecule has 2 aliphatic heterocycles. The van der Waals surface area contributed by atoms with Crippen molar-refractivity contribution in [1.82, 2.24) is 36.8 Å². The summed E-state index contributed by atoms with van der Waals surface area (Å²) in [6, 6.07) is -8.44. The quantitative estimate of drug-likeness (QED) is 0.0241. The summed E-state index contributed by atoms with van der Waals surface area (Å²) in [6.07, 6.45) is 29.4. The molecule has 0 bridgehead atoms. The Labute approximate surface area is 489 Å². The first-order valence-electron chi connectivity index (χ1n) is 32.2. The number of ether oxygens (including phenoxy) is 2. The first-order valence-corrected chi connectivity index (χ1v) is 32.2. The van der Waals surface area contributed by atoms with Crippen molar-refractivity contribution in [2.24, 2.45) is 17.8 Å². The van der Waals surface area contributed by atoms with Crippen LogP contribution in [0.2, 0.25) is 0 Å². The molecule has 81 heavy (non-hydrogen) atoms. The molecule has 2 fully saturated rings. The average molecular weight is 1150 g/mol. The zero-order valence-electron chi connectivity index (χ0n) is 52.4. The van der Waals surface area contributed by atoms with Crippen molar-refractivity contribution >= 4 is 47.3 Å². The van der Waals surface area contributed by atoms with Crippen molar-refractivity contribution in [2.75, 3.05) is 13.7 Å². The van der Waals surface area contributed by atoms with Crippen LogP contribution in [-0.2, 0) is 47.8 Å². The number of methoxy groups -OCH3 is 1. The van der Waals surface area contributed by atoms with Crippen molar-refractivity contribution in [3.8, 4) is 0 Å².